The first-order chi connectivity index (χ1) is 15.5. The normalized spacial score (nSPS) is 24.9. The third kappa shape index (κ3) is 3.55. The molecule has 3 aliphatic rings. The molecule has 0 fully saturated rings. The van der Waals surface area contributed by atoms with Gasteiger partial charge in [0, 0.05) is 30.8 Å². The molecule has 32 heavy (non-hydrogen) atoms. The van der Waals surface area contributed by atoms with Gasteiger partial charge in [0.2, 0.25) is 5.91 Å². The second-order valence-electron chi connectivity index (χ2n) is 9.55. The Morgan fingerprint density at radius 2 is 1.84 bits per heavy atom. The van der Waals surface area contributed by atoms with E-state index in [0.29, 0.717) is 44.8 Å². The Hall–Kier alpha value is -2.92. The summed E-state index contributed by atoms with van der Waals surface area (Å²) in [5, 5.41) is 3.42. The van der Waals surface area contributed by atoms with Gasteiger partial charge in [0.05, 0.1) is 6.04 Å². The highest BCUT2D eigenvalue weighted by molar-refractivity contribution is 5.94. The number of nitrogens with one attached hydrogen (secondary N) is 1. The molecule has 5 heteroatoms. The van der Waals surface area contributed by atoms with Gasteiger partial charge < -0.3 is 15.0 Å². The van der Waals surface area contributed by atoms with Gasteiger partial charge in [0.15, 0.2) is 5.60 Å². The lowest BCUT2D eigenvalue weighted by atomic mass is 9.77. The van der Waals surface area contributed by atoms with Crippen LogP contribution in [-0.4, -0.2) is 35.9 Å². The molecule has 166 valence electrons. The number of nitrogens with zero attached hydrogens (tertiary/aromatic N) is 1. The zero-order valence-corrected chi connectivity index (χ0v) is 18.8. The molecule has 2 aromatic rings. The number of ether oxygens (including phenoxy) is 1. The van der Waals surface area contributed by atoms with E-state index in [9.17, 15) is 9.59 Å². The average Bonchev–Trinajstić information content (AvgIpc) is 3.10. The van der Waals surface area contributed by atoms with Crippen LogP contribution in [0.1, 0.15) is 43.4 Å². The van der Waals surface area contributed by atoms with Crippen molar-refractivity contribution in [2.24, 2.45) is 5.92 Å². The van der Waals surface area contributed by atoms with Crippen LogP contribution in [0, 0.1) is 5.92 Å². The highest BCUT2D eigenvalue weighted by Crippen LogP contribution is 2.48. The van der Waals surface area contributed by atoms with E-state index in [4.69, 9.17) is 4.74 Å². The number of esters is 1. The summed E-state index contributed by atoms with van der Waals surface area (Å²) in [6, 6.07) is 18.1. The molecule has 1 amide bonds. The van der Waals surface area contributed by atoms with Crippen molar-refractivity contribution >= 4 is 11.9 Å². The van der Waals surface area contributed by atoms with E-state index in [1.54, 1.807) is 0 Å². The van der Waals surface area contributed by atoms with E-state index < -0.39 is 5.60 Å². The minimum absolute atomic E-state index is 0.108. The summed E-state index contributed by atoms with van der Waals surface area (Å²) in [5.74, 6) is 0.218. The van der Waals surface area contributed by atoms with Gasteiger partial charge in [0.1, 0.15) is 0 Å². The summed E-state index contributed by atoms with van der Waals surface area (Å²) in [5.41, 5.74) is 4.44. The number of hydrogen-bond acceptors (Lipinski definition) is 4. The lowest BCUT2D eigenvalue weighted by Gasteiger charge is -2.38. The van der Waals surface area contributed by atoms with E-state index in [-0.39, 0.29) is 17.9 Å². The Kier molecular flexibility index (Phi) is 5.38. The van der Waals surface area contributed by atoms with Crippen LogP contribution in [0.4, 0.5) is 0 Å². The number of fused-ring (bicyclic) bond motifs is 1. The number of benzene rings is 2. The maximum Gasteiger partial charge on any atom is 0.335 e. The summed E-state index contributed by atoms with van der Waals surface area (Å²) in [4.78, 5) is 28.3. The standard InChI is InChI=1S/C27H30N2O3/c1-18(2)15-27(21-10-4-3-5-11-21)23-17-29(13-12-22(23)26(31)32-27)25(30)24-14-19-8-6-7-9-20(19)16-28-24/h3-11,18,24,28H,12-17H2,1-2H3/t24-,27?/m0/s1. The van der Waals surface area contributed by atoms with Crippen LogP contribution < -0.4 is 5.32 Å². The van der Waals surface area contributed by atoms with Gasteiger partial charge >= 0.3 is 5.97 Å². The Morgan fingerprint density at radius 3 is 2.59 bits per heavy atom. The number of carbonyl (C=O) groups is 2. The molecule has 0 saturated carbocycles. The molecule has 0 spiro atoms. The number of amides is 1. The van der Waals surface area contributed by atoms with Crippen molar-refractivity contribution in [3.05, 3.63) is 82.4 Å². The number of cyclic esters (lactones) is 1. The predicted octanol–water partition coefficient (Wildman–Crippen LogP) is 3.73. The first-order valence-corrected chi connectivity index (χ1v) is 11.6. The Labute approximate surface area is 189 Å². The lowest BCUT2D eigenvalue weighted by Crippen LogP contribution is -2.52. The molecule has 5 rings (SSSR count). The SMILES string of the molecule is CC(C)CC1(c2ccccc2)OC(=O)C2=C1CN(C(=O)[C@@H]1Cc3ccccc3CN1)CC2. The second-order valence-corrected chi connectivity index (χ2v) is 9.55. The van der Waals surface area contributed by atoms with Crippen molar-refractivity contribution in [3.63, 3.8) is 0 Å². The maximum atomic E-state index is 13.5. The summed E-state index contributed by atoms with van der Waals surface area (Å²) in [6.07, 6.45) is 1.96. The molecule has 0 aliphatic carbocycles. The molecule has 1 unspecified atom stereocenters. The van der Waals surface area contributed by atoms with Gasteiger partial charge in [-0.25, -0.2) is 4.79 Å². The first-order valence-electron chi connectivity index (χ1n) is 11.6. The Balaban J connectivity index is 1.44. The smallest absolute Gasteiger partial charge is 0.335 e. The van der Waals surface area contributed by atoms with Crippen molar-refractivity contribution in [1.29, 1.82) is 0 Å². The average molecular weight is 431 g/mol. The van der Waals surface area contributed by atoms with Crippen LogP contribution in [0.15, 0.2) is 65.7 Å². The second kappa shape index (κ2) is 8.21. The molecule has 3 aliphatic heterocycles. The molecule has 1 N–H and O–H groups in total. The van der Waals surface area contributed by atoms with E-state index in [1.807, 2.05) is 47.4 Å². The predicted molar refractivity (Wildman–Crippen MR) is 123 cm³/mol. The third-order valence-electron chi connectivity index (χ3n) is 6.97. The van der Waals surface area contributed by atoms with Gasteiger partial charge in [-0.15, -0.1) is 0 Å². The van der Waals surface area contributed by atoms with E-state index in [2.05, 4.69) is 31.3 Å². The molecule has 0 aromatic heterocycles. The van der Waals surface area contributed by atoms with Crippen molar-refractivity contribution in [2.45, 2.75) is 51.3 Å². The fourth-order valence-electron chi connectivity index (χ4n) is 5.48. The first kappa shape index (κ1) is 21.0. The highest BCUT2D eigenvalue weighted by Gasteiger charge is 2.51. The van der Waals surface area contributed by atoms with Gasteiger partial charge in [-0.2, -0.15) is 0 Å². The van der Waals surface area contributed by atoms with Gasteiger partial charge in [0.25, 0.3) is 0 Å². The number of carbonyl (C=O) groups excluding carboxylic acids is 2. The molecule has 0 bridgehead atoms. The van der Waals surface area contributed by atoms with Crippen molar-refractivity contribution in [3.8, 4) is 0 Å². The van der Waals surface area contributed by atoms with Crippen molar-refractivity contribution in [2.75, 3.05) is 13.1 Å². The fourth-order valence-corrected chi connectivity index (χ4v) is 5.48. The van der Waals surface area contributed by atoms with E-state index >= 15 is 0 Å². The molecule has 2 atom stereocenters. The van der Waals surface area contributed by atoms with Crippen LogP contribution in [0.25, 0.3) is 0 Å². The monoisotopic (exact) mass is 430 g/mol. The zero-order chi connectivity index (χ0) is 22.3. The zero-order valence-electron chi connectivity index (χ0n) is 18.8. The summed E-state index contributed by atoms with van der Waals surface area (Å²) in [7, 11) is 0. The summed E-state index contributed by atoms with van der Waals surface area (Å²) in [6.45, 7) is 6.00. The molecular weight excluding hydrogens is 400 g/mol. The minimum Gasteiger partial charge on any atom is -0.446 e. The molecule has 0 radical (unpaired) electrons. The minimum atomic E-state index is -0.784. The fraction of sp³-hybridized carbons (Fsp3) is 0.407. The molecule has 5 nitrogen and oxygen atoms in total. The van der Waals surface area contributed by atoms with Crippen molar-refractivity contribution < 1.29 is 14.3 Å². The molecular formula is C27H30N2O3. The maximum absolute atomic E-state index is 13.5. The summed E-state index contributed by atoms with van der Waals surface area (Å²) < 4.78 is 6.15. The number of rotatable bonds is 4. The Bertz CT molecular complexity index is 1080. The molecule has 2 aromatic carbocycles. The van der Waals surface area contributed by atoms with Crippen LogP contribution >= 0.6 is 0 Å². The topological polar surface area (TPSA) is 58.6 Å². The molecule has 0 saturated heterocycles. The highest BCUT2D eigenvalue weighted by atomic mass is 16.6. The van der Waals surface area contributed by atoms with Crippen LogP contribution in [0.3, 0.4) is 0 Å². The van der Waals surface area contributed by atoms with Crippen molar-refractivity contribution in [1.82, 2.24) is 10.2 Å². The quantitative estimate of drug-likeness (QED) is 0.751. The van der Waals surface area contributed by atoms with Gasteiger partial charge in [-0.3, -0.25) is 4.79 Å². The van der Waals surface area contributed by atoms with E-state index in [0.717, 1.165) is 16.7 Å². The van der Waals surface area contributed by atoms with Gasteiger partial charge in [-0.05, 0) is 41.9 Å². The largest absolute Gasteiger partial charge is 0.446 e. The Morgan fingerprint density at radius 1 is 1.12 bits per heavy atom. The van der Waals surface area contributed by atoms with E-state index in [1.165, 1.54) is 11.1 Å². The number of hydrogen-bond donors (Lipinski definition) is 1. The van der Waals surface area contributed by atoms with Crippen LogP contribution in [0.5, 0.6) is 0 Å². The van der Waals surface area contributed by atoms with Crippen LogP contribution in [-0.2, 0) is 32.9 Å². The van der Waals surface area contributed by atoms with Gasteiger partial charge in [-0.1, -0.05) is 68.4 Å². The van der Waals surface area contributed by atoms with Crippen LogP contribution in [0.2, 0.25) is 0 Å². The third-order valence-corrected chi connectivity index (χ3v) is 6.97. The lowest BCUT2D eigenvalue weighted by molar-refractivity contribution is -0.149. The molecule has 3 heterocycles. The summed E-state index contributed by atoms with van der Waals surface area (Å²) >= 11 is 0.